The van der Waals surface area contributed by atoms with E-state index in [-0.39, 0.29) is 5.91 Å². The molecule has 0 spiro atoms. The Morgan fingerprint density at radius 3 is 2.42 bits per heavy atom. The van der Waals surface area contributed by atoms with Gasteiger partial charge in [-0.2, -0.15) is 0 Å². The molecule has 1 amide bonds. The number of carbonyl (C=O) groups excluding carboxylic acids is 1. The third-order valence-electron chi connectivity index (χ3n) is 4.94. The molecule has 5 nitrogen and oxygen atoms in total. The second kappa shape index (κ2) is 10.6. The van der Waals surface area contributed by atoms with E-state index in [0.29, 0.717) is 23.2 Å². The van der Waals surface area contributed by atoms with Gasteiger partial charge in [0.05, 0.1) is 19.4 Å². The first-order valence-corrected chi connectivity index (χ1v) is 11.5. The van der Waals surface area contributed by atoms with Crippen LogP contribution in [0.5, 0.6) is 11.5 Å². The molecule has 1 aromatic heterocycles. The smallest absolute Gasteiger partial charge is 0.250 e. The average molecular weight is 457 g/mol. The third-order valence-corrected chi connectivity index (χ3v) is 5.69. The summed E-state index contributed by atoms with van der Waals surface area (Å²) in [6.07, 6.45) is 3.20. The summed E-state index contributed by atoms with van der Waals surface area (Å²) >= 11 is 1.39. The van der Waals surface area contributed by atoms with Crippen LogP contribution in [-0.4, -0.2) is 24.6 Å². The van der Waals surface area contributed by atoms with Gasteiger partial charge in [-0.25, -0.2) is 4.98 Å². The molecule has 4 aromatic rings. The molecule has 0 unspecified atom stereocenters. The van der Waals surface area contributed by atoms with Crippen LogP contribution in [0.1, 0.15) is 12.5 Å². The first-order chi connectivity index (χ1) is 16.2. The Morgan fingerprint density at radius 2 is 1.70 bits per heavy atom. The fourth-order valence-electron chi connectivity index (χ4n) is 3.31. The van der Waals surface area contributed by atoms with E-state index >= 15 is 0 Å². The van der Waals surface area contributed by atoms with E-state index in [1.165, 1.54) is 23.0 Å². The molecule has 1 heterocycles. The predicted molar refractivity (Wildman–Crippen MR) is 135 cm³/mol. The normalized spacial score (nSPS) is 10.8. The van der Waals surface area contributed by atoms with Gasteiger partial charge in [-0.05, 0) is 41.8 Å². The zero-order valence-electron chi connectivity index (χ0n) is 18.4. The molecule has 0 bridgehead atoms. The molecule has 4 rings (SSSR count). The number of hydrogen-bond donors (Lipinski definition) is 1. The number of anilines is 1. The number of methoxy groups -OCH3 is 1. The summed E-state index contributed by atoms with van der Waals surface area (Å²) in [5.74, 6) is 1.05. The van der Waals surface area contributed by atoms with E-state index in [1.807, 2.05) is 60.8 Å². The van der Waals surface area contributed by atoms with Crippen molar-refractivity contribution in [2.75, 3.05) is 19.0 Å². The Hall–Kier alpha value is -3.90. The number of thiazole rings is 1. The van der Waals surface area contributed by atoms with E-state index in [4.69, 9.17) is 9.47 Å². The highest BCUT2D eigenvalue weighted by Gasteiger charge is 2.08. The average Bonchev–Trinajstić information content (AvgIpc) is 3.32. The minimum absolute atomic E-state index is 0.247. The van der Waals surface area contributed by atoms with Crippen molar-refractivity contribution in [2.24, 2.45) is 0 Å². The lowest BCUT2D eigenvalue weighted by atomic mass is 10.0. The summed E-state index contributed by atoms with van der Waals surface area (Å²) in [5.41, 5.74) is 4.99. The van der Waals surface area contributed by atoms with E-state index in [1.54, 1.807) is 13.2 Å². The van der Waals surface area contributed by atoms with Gasteiger partial charge in [0.1, 0.15) is 0 Å². The highest BCUT2D eigenvalue weighted by Crippen LogP contribution is 2.29. The molecule has 166 valence electrons. The monoisotopic (exact) mass is 456 g/mol. The van der Waals surface area contributed by atoms with Gasteiger partial charge in [0.2, 0.25) is 5.91 Å². The Kier molecular flexibility index (Phi) is 7.17. The summed E-state index contributed by atoms with van der Waals surface area (Å²) < 4.78 is 10.9. The fourth-order valence-corrected chi connectivity index (χ4v) is 4.03. The van der Waals surface area contributed by atoms with E-state index in [2.05, 4.69) is 34.6 Å². The number of carbonyl (C=O) groups is 1. The van der Waals surface area contributed by atoms with Crippen molar-refractivity contribution in [3.63, 3.8) is 0 Å². The van der Waals surface area contributed by atoms with Gasteiger partial charge in [0, 0.05) is 17.0 Å². The van der Waals surface area contributed by atoms with Gasteiger partial charge < -0.3 is 9.47 Å². The van der Waals surface area contributed by atoms with Crippen molar-refractivity contribution < 1.29 is 14.3 Å². The van der Waals surface area contributed by atoms with Crippen LogP contribution < -0.4 is 14.8 Å². The van der Waals surface area contributed by atoms with Crippen LogP contribution in [0.2, 0.25) is 0 Å². The highest BCUT2D eigenvalue weighted by atomic mass is 32.1. The third kappa shape index (κ3) is 5.67. The lowest BCUT2D eigenvalue weighted by Gasteiger charge is -2.09. The van der Waals surface area contributed by atoms with Gasteiger partial charge in [0.25, 0.3) is 0 Å². The van der Waals surface area contributed by atoms with Crippen LogP contribution in [0, 0.1) is 0 Å². The number of benzene rings is 3. The molecule has 0 atom stereocenters. The summed E-state index contributed by atoms with van der Waals surface area (Å²) in [5, 5.41) is 5.32. The fraction of sp³-hybridized carbons (Fsp3) is 0.111. The molecule has 0 saturated heterocycles. The van der Waals surface area contributed by atoms with Crippen molar-refractivity contribution in [1.82, 2.24) is 4.98 Å². The summed E-state index contributed by atoms with van der Waals surface area (Å²) in [4.78, 5) is 16.9. The van der Waals surface area contributed by atoms with Crippen LogP contribution in [-0.2, 0) is 4.79 Å². The first-order valence-electron chi connectivity index (χ1n) is 10.6. The van der Waals surface area contributed by atoms with Crippen molar-refractivity contribution in [2.45, 2.75) is 6.92 Å². The standard InChI is InChI=1S/C27H24N2O3S/c1-3-32-24-15-9-19(17-25(24)31-2)10-16-26(30)29-27-28-23(18-33-27)22-13-11-21(12-14-22)20-7-5-4-6-8-20/h4-18H,3H2,1-2H3,(H,28,29,30)/b16-10+. The number of nitrogens with one attached hydrogen (secondary N) is 1. The topological polar surface area (TPSA) is 60.5 Å². The van der Waals surface area contributed by atoms with Crippen molar-refractivity contribution in [3.8, 4) is 33.9 Å². The maximum Gasteiger partial charge on any atom is 0.250 e. The molecular formula is C27H24N2O3S. The Balaban J connectivity index is 1.40. The Bertz CT molecular complexity index is 1250. The van der Waals surface area contributed by atoms with Crippen LogP contribution in [0.15, 0.2) is 84.3 Å². The molecule has 0 aliphatic carbocycles. The molecule has 0 aliphatic heterocycles. The van der Waals surface area contributed by atoms with Crippen molar-refractivity contribution >= 4 is 28.5 Å². The zero-order valence-corrected chi connectivity index (χ0v) is 19.3. The largest absolute Gasteiger partial charge is 0.493 e. The molecule has 3 aromatic carbocycles. The number of rotatable bonds is 8. The summed E-state index contributed by atoms with van der Waals surface area (Å²) in [7, 11) is 1.59. The van der Waals surface area contributed by atoms with E-state index in [9.17, 15) is 4.79 Å². The maximum absolute atomic E-state index is 12.4. The SMILES string of the molecule is CCOc1ccc(/C=C/C(=O)Nc2nc(-c3ccc(-c4ccccc4)cc3)cs2)cc1OC. The van der Waals surface area contributed by atoms with Gasteiger partial charge >= 0.3 is 0 Å². The van der Waals surface area contributed by atoms with E-state index in [0.717, 1.165) is 22.4 Å². The molecule has 0 fully saturated rings. The van der Waals surface area contributed by atoms with Gasteiger partial charge in [-0.15, -0.1) is 11.3 Å². The second-order valence-electron chi connectivity index (χ2n) is 7.15. The molecule has 6 heteroatoms. The molecule has 0 aliphatic rings. The number of hydrogen-bond acceptors (Lipinski definition) is 5. The Labute approximate surface area is 197 Å². The second-order valence-corrected chi connectivity index (χ2v) is 8.01. The lowest BCUT2D eigenvalue weighted by molar-refractivity contribution is -0.111. The molecule has 0 saturated carbocycles. The summed E-state index contributed by atoms with van der Waals surface area (Å²) in [6, 6.07) is 24.0. The molecule has 33 heavy (non-hydrogen) atoms. The number of ether oxygens (including phenoxy) is 2. The van der Waals surface area contributed by atoms with Crippen LogP contribution in [0.4, 0.5) is 5.13 Å². The lowest BCUT2D eigenvalue weighted by Crippen LogP contribution is -2.07. The minimum Gasteiger partial charge on any atom is -0.493 e. The molecule has 0 radical (unpaired) electrons. The molecular weight excluding hydrogens is 432 g/mol. The van der Waals surface area contributed by atoms with Gasteiger partial charge in [-0.3, -0.25) is 10.1 Å². The summed E-state index contributed by atoms with van der Waals surface area (Å²) in [6.45, 7) is 2.47. The van der Waals surface area contributed by atoms with Crippen molar-refractivity contribution in [3.05, 3.63) is 89.8 Å². The number of aromatic nitrogens is 1. The minimum atomic E-state index is -0.247. The highest BCUT2D eigenvalue weighted by molar-refractivity contribution is 7.14. The quantitative estimate of drug-likeness (QED) is 0.306. The zero-order chi connectivity index (χ0) is 23.0. The van der Waals surface area contributed by atoms with Crippen molar-refractivity contribution in [1.29, 1.82) is 0 Å². The van der Waals surface area contributed by atoms with E-state index < -0.39 is 0 Å². The Morgan fingerprint density at radius 1 is 0.970 bits per heavy atom. The number of amides is 1. The van der Waals surface area contributed by atoms with Crippen LogP contribution >= 0.6 is 11.3 Å². The van der Waals surface area contributed by atoms with Gasteiger partial charge in [-0.1, -0.05) is 60.7 Å². The number of nitrogens with zero attached hydrogens (tertiary/aromatic N) is 1. The van der Waals surface area contributed by atoms with Gasteiger partial charge in [0.15, 0.2) is 16.6 Å². The molecule has 1 N–H and O–H groups in total. The predicted octanol–water partition coefficient (Wildman–Crippen LogP) is 6.54. The maximum atomic E-state index is 12.4. The van der Waals surface area contributed by atoms with Crippen LogP contribution in [0.25, 0.3) is 28.5 Å². The first kappa shape index (κ1) is 22.3. The van der Waals surface area contributed by atoms with Crippen LogP contribution in [0.3, 0.4) is 0 Å².